The van der Waals surface area contributed by atoms with Gasteiger partial charge in [-0.1, -0.05) is 20.8 Å². The molecule has 1 amide bonds. The van der Waals surface area contributed by atoms with Crippen LogP contribution in [0.2, 0.25) is 0 Å². The van der Waals surface area contributed by atoms with Gasteiger partial charge in [0.1, 0.15) is 10.6 Å². The fraction of sp³-hybridized carbons (Fsp3) is 0.400. The Morgan fingerprint density at radius 2 is 2.10 bits per heavy atom. The van der Waals surface area contributed by atoms with Gasteiger partial charge in [0.15, 0.2) is 0 Å². The predicted octanol–water partition coefficient (Wildman–Crippen LogP) is 3.27. The zero-order valence-electron chi connectivity index (χ0n) is 12.2. The Bertz CT molecular complexity index is 641. The fourth-order valence-electron chi connectivity index (χ4n) is 1.82. The van der Waals surface area contributed by atoms with Crippen LogP contribution in [0.1, 0.15) is 30.4 Å². The van der Waals surface area contributed by atoms with Crippen molar-refractivity contribution < 1.29 is 9.53 Å². The van der Waals surface area contributed by atoms with E-state index in [1.54, 1.807) is 7.11 Å². The standard InChI is InChI=1S/C15H20N2O2S/c1-15(2,3)8-17-14(18)13-12(16)10-6-5-9(19-4)7-11(10)20-13/h5-7H,8,16H2,1-4H3,(H,17,18). The third-order valence-corrected chi connectivity index (χ3v) is 4.09. The van der Waals surface area contributed by atoms with Gasteiger partial charge >= 0.3 is 0 Å². The summed E-state index contributed by atoms with van der Waals surface area (Å²) in [7, 11) is 1.62. The Morgan fingerprint density at radius 3 is 2.70 bits per heavy atom. The minimum Gasteiger partial charge on any atom is -0.497 e. The van der Waals surface area contributed by atoms with E-state index in [4.69, 9.17) is 10.5 Å². The van der Waals surface area contributed by atoms with E-state index in [1.807, 2.05) is 18.2 Å². The Morgan fingerprint density at radius 1 is 1.40 bits per heavy atom. The highest BCUT2D eigenvalue weighted by atomic mass is 32.1. The van der Waals surface area contributed by atoms with E-state index in [-0.39, 0.29) is 11.3 Å². The van der Waals surface area contributed by atoms with Crippen molar-refractivity contribution in [2.24, 2.45) is 5.41 Å². The molecule has 20 heavy (non-hydrogen) atoms. The molecule has 0 atom stereocenters. The molecule has 0 aliphatic heterocycles. The van der Waals surface area contributed by atoms with E-state index in [0.29, 0.717) is 17.1 Å². The lowest BCUT2D eigenvalue weighted by Crippen LogP contribution is -2.32. The number of methoxy groups -OCH3 is 1. The maximum atomic E-state index is 12.2. The zero-order valence-corrected chi connectivity index (χ0v) is 13.1. The lowest BCUT2D eigenvalue weighted by molar-refractivity contribution is 0.0944. The molecule has 1 aromatic heterocycles. The van der Waals surface area contributed by atoms with E-state index in [0.717, 1.165) is 15.8 Å². The van der Waals surface area contributed by atoms with Crippen molar-refractivity contribution in [1.82, 2.24) is 5.32 Å². The molecular weight excluding hydrogens is 272 g/mol. The van der Waals surface area contributed by atoms with Crippen LogP contribution >= 0.6 is 11.3 Å². The van der Waals surface area contributed by atoms with Crippen LogP contribution in [0.3, 0.4) is 0 Å². The average molecular weight is 292 g/mol. The molecule has 2 rings (SSSR count). The first-order chi connectivity index (χ1) is 9.31. The van der Waals surface area contributed by atoms with E-state index in [1.165, 1.54) is 11.3 Å². The van der Waals surface area contributed by atoms with Gasteiger partial charge in [-0.25, -0.2) is 0 Å². The van der Waals surface area contributed by atoms with E-state index in [2.05, 4.69) is 26.1 Å². The molecule has 0 spiro atoms. The number of nitrogen functional groups attached to an aromatic ring is 1. The molecule has 2 aromatic rings. The lowest BCUT2D eigenvalue weighted by Gasteiger charge is -2.18. The monoisotopic (exact) mass is 292 g/mol. The van der Waals surface area contributed by atoms with Crippen LogP contribution in [0.4, 0.5) is 5.69 Å². The summed E-state index contributed by atoms with van der Waals surface area (Å²) in [5, 5.41) is 3.83. The van der Waals surface area contributed by atoms with Gasteiger partial charge in [0.25, 0.3) is 5.91 Å². The fourth-order valence-corrected chi connectivity index (χ4v) is 2.89. The summed E-state index contributed by atoms with van der Waals surface area (Å²) in [6.45, 7) is 6.84. The molecule has 0 bridgehead atoms. The summed E-state index contributed by atoms with van der Waals surface area (Å²) >= 11 is 1.40. The number of carbonyl (C=O) groups is 1. The van der Waals surface area contributed by atoms with Crippen LogP contribution in [-0.2, 0) is 0 Å². The Kier molecular flexibility index (Phi) is 3.90. The summed E-state index contributed by atoms with van der Waals surface area (Å²) in [4.78, 5) is 12.8. The van der Waals surface area contributed by atoms with Crippen LogP contribution in [0.15, 0.2) is 18.2 Å². The second-order valence-corrected chi connectivity index (χ2v) is 7.00. The molecule has 4 nitrogen and oxygen atoms in total. The van der Waals surface area contributed by atoms with Gasteiger partial charge < -0.3 is 15.8 Å². The summed E-state index contributed by atoms with van der Waals surface area (Å²) in [6, 6.07) is 5.64. The van der Waals surface area contributed by atoms with E-state index in [9.17, 15) is 4.79 Å². The van der Waals surface area contributed by atoms with Crippen LogP contribution in [0, 0.1) is 5.41 Å². The Hall–Kier alpha value is -1.75. The second-order valence-electron chi connectivity index (χ2n) is 5.95. The summed E-state index contributed by atoms with van der Waals surface area (Å²) < 4.78 is 6.15. The van der Waals surface area contributed by atoms with E-state index >= 15 is 0 Å². The quantitative estimate of drug-likeness (QED) is 0.912. The second kappa shape index (κ2) is 5.32. The summed E-state index contributed by atoms with van der Waals surface area (Å²) in [5.74, 6) is 0.651. The molecule has 0 saturated heterocycles. The van der Waals surface area contributed by atoms with Crippen molar-refractivity contribution in [2.45, 2.75) is 20.8 Å². The van der Waals surface area contributed by atoms with Crippen LogP contribution in [-0.4, -0.2) is 19.6 Å². The van der Waals surface area contributed by atoms with Crippen molar-refractivity contribution in [3.8, 4) is 5.75 Å². The number of amides is 1. The molecule has 1 heterocycles. The highest BCUT2D eigenvalue weighted by Gasteiger charge is 2.18. The number of benzene rings is 1. The normalized spacial score (nSPS) is 11.6. The topological polar surface area (TPSA) is 64.3 Å². The van der Waals surface area contributed by atoms with Crippen molar-refractivity contribution in [1.29, 1.82) is 0 Å². The average Bonchev–Trinajstić information content (AvgIpc) is 2.72. The van der Waals surface area contributed by atoms with Gasteiger partial charge in [-0.05, 0) is 23.6 Å². The highest BCUT2D eigenvalue weighted by Crippen LogP contribution is 2.35. The van der Waals surface area contributed by atoms with Crippen LogP contribution in [0.5, 0.6) is 5.75 Å². The number of carbonyl (C=O) groups excluding carboxylic acids is 1. The number of nitrogens with one attached hydrogen (secondary N) is 1. The largest absolute Gasteiger partial charge is 0.497 e. The van der Waals surface area contributed by atoms with Gasteiger partial charge in [0, 0.05) is 16.6 Å². The van der Waals surface area contributed by atoms with Gasteiger partial charge in [0.05, 0.1) is 12.8 Å². The molecule has 0 aliphatic rings. The molecule has 3 N–H and O–H groups in total. The molecular formula is C15H20N2O2S. The molecule has 0 unspecified atom stereocenters. The molecule has 0 saturated carbocycles. The Labute approximate surface area is 122 Å². The SMILES string of the molecule is COc1ccc2c(N)c(C(=O)NCC(C)(C)C)sc2c1. The maximum absolute atomic E-state index is 12.2. The van der Waals surface area contributed by atoms with E-state index < -0.39 is 0 Å². The number of rotatable bonds is 3. The first-order valence-corrected chi connectivity index (χ1v) is 7.28. The number of fused-ring (bicyclic) bond motifs is 1. The summed E-state index contributed by atoms with van der Waals surface area (Å²) in [5.41, 5.74) is 6.67. The maximum Gasteiger partial charge on any atom is 0.263 e. The molecule has 0 fully saturated rings. The highest BCUT2D eigenvalue weighted by molar-refractivity contribution is 7.21. The molecule has 0 radical (unpaired) electrons. The molecule has 0 aliphatic carbocycles. The third kappa shape index (κ3) is 3.04. The first kappa shape index (κ1) is 14.7. The zero-order chi connectivity index (χ0) is 14.9. The van der Waals surface area contributed by atoms with Gasteiger partial charge in [-0.15, -0.1) is 11.3 Å². The summed E-state index contributed by atoms with van der Waals surface area (Å²) in [6.07, 6.45) is 0. The van der Waals surface area contributed by atoms with Crippen molar-refractivity contribution >= 4 is 33.0 Å². The van der Waals surface area contributed by atoms with Crippen LogP contribution < -0.4 is 15.8 Å². The van der Waals surface area contributed by atoms with Gasteiger partial charge in [-0.2, -0.15) is 0 Å². The van der Waals surface area contributed by atoms with Gasteiger partial charge in [0.2, 0.25) is 0 Å². The third-order valence-electron chi connectivity index (χ3n) is 2.92. The number of hydrogen-bond acceptors (Lipinski definition) is 4. The molecule has 1 aromatic carbocycles. The minimum absolute atomic E-state index is 0.0460. The Balaban J connectivity index is 2.30. The van der Waals surface area contributed by atoms with Gasteiger partial charge in [-0.3, -0.25) is 4.79 Å². The number of thiophene rings is 1. The molecule has 5 heteroatoms. The van der Waals surface area contributed by atoms with Crippen LogP contribution in [0.25, 0.3) is 10.1 Å². The number of anilines is 1. The predicted molar refractivity (Wildman–Crippen MR) is 84.6 cm³/mol. The molecule has 108 valence electrons. The smallest absolute Gasteiger partial charge is 0.263 e. The first-order valence-electron chi connectivity index (χ1n) is 6.46. The number of nitrogens with two attached hydrogens (primary N) is 1. The van der Waals surface area contributed by atoms with Crippen molar-refractivity contribution in [3.63, 3.8) is 0 Å². The van der Waals surface area contributed by atoms with Crippen molar-refractivity contribution in [2.75, 3.05) is 19.4 Å². The number of hydrogen-bond donors (Lipinski definition) is 2. The lowest BCUT2D eigenvalue weighted by atomic mass is 9.97. The number of ether oxygens (including phenoxy) is 1. The minimum atomic E-state index is -0.113. The van der Waals surface area contributed by atoms with Crippen molar-refractivity contribution in [3.05, 3.63) is 23.1 Å².